The van der Waals surface area contributed by atoms with Crippen LogP contribution in [-0.2, 0) is 6.42 Å². The van der Waals surface area contributed by atoms with Crippen LogP contribution in [0.3, 0.4) is 0 Å². The number of aromatic hydroxyl groups is 1. The van der Waals surface area contributed by atoms with Crippen LogP contribution < -0.4 is 5.32 Å². The van der Waals surface area contributed by atoms with E-state index in [1.165, 1.54) is 6.07 Å². The second-order valence-electron chi connectivity index (χ2n) is 4.54. The quantitative estimate of drug-likeness (QED) is 0.878. The highest BCUT2D eigenvalue weighted by Gasteiger charge is 2.06. The number of phenols is 1. The van der Waals surface area contributed by atoms with Crippen LogP contribution in [0.25, 0.3) is 0 Å². The minimum Gasteiger partial charge on any atom is -0.508 e. The number of anilines is 1. The first kappa shape index (κ1) is 13.7. The molecule has 0 aliphatic heterocycles. The predicted molar refractivity (Wildman–Crippen MR) is 76.3 cm³/mol. The summed E-state index contributed by atoms with van der Waals surface area (Å²) < 4.78 is 13.0. The van der Waals surface area contributed by atoms with Crippen molar-refractivity contribution in [1.29, 1.82) is 0 Å². The molecular weight excluding hydrogens is 265 g/mol. The monoisotopic (exact) mass is 279 g/mol. The van der Waals surface area contributed by atoms with Crippen molar-refractivity contribution >= 4 is 17.3 Å². The van der Waals surface area contributed by atoms with Crippen molar-refractivity contribution < 1.29 is 9.50 Å². The molecule has 0 aliphatic carbocycles. The van der Waals surface area contributed by atoms with Gasteiger partial charge in [0, 0.05) is 11.7 Å². The zero-order valence-corrected chi connectivity index (χ0v) is 11.3. The Morgan fingerprint density at radius 2 is 1.89 bits per heavy atom. The molecule has 0 bridgehead atoms. The molecule has 0 aromatic heterocycles. The van der Waals surface area contributed by atoms with Gasteiger partial charge < -0.3 is 10.4 Å². The number of rotatable bonds is 4. The lowest BCUT2D eigenvalue weighted by Crippen LogP contribution is -2.18. The average Bonchev–Trinajstić information content (AvgIpc) is 2.37. The summed E-state index contributed by atoms with van der Waals surface area (Å²) in [5, 5.41) is 12.6. The van der Waals surface area contributed by atoms with E-state index in [1.54, 1.807) is 24.3 Å². The zero-order valence-electron chi connectivity index (χ0n) is 10.5. The molecule has 100 valence electrons. The number of nitrogens with one attached hydrogen (secondary N) is 1. The third-order valence-corrected chi connectivity index (χ3v) is 3.10. The van der Waals surface area contributed by atoms with E-state index in [-0.39, 0.29) is 16.8 Å². The Morgan fingerprint density at radius 1 is 1.21 bits per heavy atom. The summed E-state index contributed by atoms with van der Waals surface area (Å²) in [6, 6.07) is 11.8. The van der Waals surface area contributed by atoms with Gasteiger partial charge >= 0.3 is 0 Å². The maximum absolute atomic E-state index is 13.0. The van der Waals surface area contributed by atoms with Crippen LogP contribution in [-0.4, -0.2) is 11.1 Å². The van der Waals surface area contributed by atoms with Crippen LogP contribution in [0.15, 0.2) is 42.5 Å². The van der Waals surface area contributed by atoms with Crippen molar-refractivity contribution in [2.24, 2.45) is 0 Å². The van der Waals surface area contributed by atoms with Crippen molar-refractivity contribution in [3.8, 4) is 5.75 Å². The summed E-state index contributed by atoms with van der Waals surface area (Å²) in [7, 11) is 0. The van der Waals surface area contributed by atoms with Crippen molar-refractivity contribution in [3.05, 3.63) is 58.9 Å². The Kier molecular flexibility index (Phi) is 4.27. The number of phenolic OH excluding ortho intramolecular Hbond substituents is 1. The molecule has 1 atom stereocenters. The van der Waals surface area contributed by atoms with E-state index in [1.807, 2.05) is 19.1 Å². The molecule has 4 heteroatoms. The molecule has 0 aliphatic rings. The Hall–Kier alpha value is -1.74. The van der Waals surface area contributed by atoms with Crippen molar-refractivity contribution in [1.82, 2.24) is 0 Å². The van der Waals surface area contributed by atoms with Crippen molar-refractivity contribution in [2.75, 3.05) is 5.32 Å². The van der Waals surface area contributed by atoms with Gasteiger partial charge in [0.05, 0.1) is 5.02 Å². The van der Waals surface area contributed by atoms with Gasteiger partial charge in [-0.05, 0) is 49.2 Å². The van der Waals surface area contributed by atoms with E-state index in [2.05, 4.69) is 5.32 Å². The SMILES string of the molecule is CC(Cc1ccc(O)cc1)Nc1ccc(F)c(Cl)c1. The second-order valence-corrected chi connectivity index (χ2v) is 4.95. The summed E-state index contributed by atoms with van der Waals surface area (Å²) in [6.45, 7) is 2.03. The van der Waals surface area contributed by atoms with Crippen LogP contribution in [0.5, 0.6) is 5.75 Å². The number of benzene rings is 2. The third kappa shape index (κ3) is 3.86. The Morgan fingerprint density at radius 3 is 2.53 bits per heavy atom. The van der Waals surface area contributed by atoms with Crippen molar-refractivity contribution in [2.45, 2.75) is 19.4 Å². The highest BCUT2D eigenvalue weighted by atomic mass is 35.5. The molecule has 19 heavy (non-hydrogen) atoms. The van der Waals surface area contributed by atoms with Gasteiger partial charge in [-0.15, -0.1) is 0 Å². The summed E-state index contributed by atoms with van der Waals surface area (Å²) in [5.74, 6) is -0.159. The lowest BCUT2D eigenvalue weighted by atomic mass is 10.1. The molecule has 2 rings (SSSR count). The molecular formula is C15H15ClFNO. The molecule has 0 radical (unpaired) electrons. The highest BCUT2D eigenvalue weighted by molar-refractivity contribution is 6.31. The molecule has 2 aromatic carbocycles. The molecule has 0 saturated carbocycles. The first-order chi connectivity index (χ1) is 9.04. The van der Waals surface area contributed by atoms with Gasteiger partial charge in [0.25, 0.3) is 0 Å². The van der Waals surface area contributed by atoms with E-state index in [0.717, 1.165) is 17.7 Å². The van der Waals surface area contributed by atoms with Crippen LogP contribution >= 0.6 is 11.6 Å². The van der Waals surface area contributed by atoms with Crippen LogP contribution in [0, 0.1) is 5.82 Å². The maximum atomic E-state index is 13.0. The summed E-state index contributed by atoms with van der Waals surface area (Å²) in [5.41, 5.74) is 1.91. The molecule has 1 unspecified atom stereocenters. The van der Waals surface area contributed by atoms with Gasteiger partial charge in [0.1, 0.15) is 11.6 Å². The minimum absolute atomic E-state index is 0.113. The van der Waals surface area contributed by atoms with Gasteiger partial charge in [-0.2, -0.15) is 0 Å². The fraction of sp³-hybridized carbons (Fsp3) is 0.200. The maximum Gasteiger partial charge on any atom is 0.141 e. The van der Waals surface area contributed by atoms with Gasteiger partial charge in [-0.1, -0.05) is 23.7 Å². The van der Waals surface area contributed by atoms with Gasteiger partial charge in [-0.25, -0.2) is 4.39 Å². The molecule has 0 saturated heterocycles. The standard InChI is InChI=1S/C15H15ClFNO/c1-10(8-11-2-5-13(19)6-3-11)18-12-4-7-15(17)14(16)9-12/h2-7,9-10,18-19H,8H2,1H3. The minimum atomic E-state index is -0.418. The number of halogens is 2. The second kappa shape index (κ2) is 5.93. The average molecular weight is 280 g/mol. The Balaban J connectivity index is 1.98. The molecule has 0 amide bonds. The number of hydrogen-bond acceptors (Lipinski definition) is 2. The first-order valence-electron chi connectivity index (χ1n) is 6.04. The van der Waals surface area contributed by atoms with E-state index < -0.39 is 5.82 Å². The highest BCUT2D eigenvalue weighted by Crippen LogP contribution is 2.20. The third-order valence-electron chi connectivity index (χ3n) is 2.81. The first-order valence-corrected chi connectivity index (χ1v) is 6.42. The fourth-order valence-electron chi connectivity index (χ4n) is 1.91. The van der Waals surface area contributed by atoms with E-state index in [9.17, 15) is 9.50 Å². The largest absolute Gasteiger partial charge is 0.508 e. The topological polar surface area (TPSA) is 32.3 Å². The Labute approximate surface area is 116 Å². The number of hydrogen-bond donors (Lipinski definition) is 2. The molecule has 0 fully saturated rings. The summed E-state index contributed by atoms with van der Waals surface area (Å²) in [4.78, 5) is 0. The predicted octanol–water partition coefficient (Wildman–Crippen LogP) is 4.23. The van der Waals surface area contributed by atoms with Crippen molar-refractivity contribution in [3.63, 3.8) is 0 Å². The molecule has 0 heterocycles. The van der Waals surface area contributed by atoms with Crippen LogP contribution in [0.4, 0.5) is 10.1 Å². The van der Waals surface area contributed by atoms with E-state index >= 15 is 0 Å². The summed E-state index contributed by atoms with van der Waals surface area (Å²) in [6.07, 6.45) is 0.801. The lowest BCUT2D eigenvalue weighted by Gasteiger charge is -2.15. The normalized spacial score (nSPS) is 12.2. The molecule has 0 spiro atoms. The smallest absolute Gasteiger partial charge is 0.141 e. The zero-order chi connectivity index (χ0) is 13.8. The Bertz CT molecular complexity index is 557. The van der Waals surface area contributed by atoms with Gasteiger partial charge in [0.15, 0.2) is 0 Å². The van der Waals surface area contributed by atoms with E-state index in [4.69, 9.17) is 11.6 Å². The molecule has 2 aromatic rings. The van der Waals surface area contributed by atoms with Crippen LogP contribution in [0.1, 0.15) is 12.5 Å². The molecule has 2 N–H and O–H groups in total. The fourth-order valence-corrected chi connectivity index (χ4v) is 2.09. The molecule has 2 nitrogen and oxygen atoms in total. The lowest BCUT2D eigenvalue weighted by molar-refractivity contribution is 0.475. The van der Waals surface area contributed by atoms with Gasteiger partial charge in [0.2, 0.25) is 0 Å². The van der Waals surface area contributed by atoms with Crippen LogP contribution in [0.2, 0.25) is 5.02 Å². The van der Waals surface area contributed by atoms with E-state index in [0.29, 0.717) is 0 Å². The summed E-state index contributed by atoms with van der Waals surface area (Å²) >= 11 is 5.73. The van der Waals surface area contributed by atoms with Gasteiger partial charge in [-0.3, -0.25) is 0 Å².